The SMILES string of the molecule is CCc1cc(NCCS(N)(=O)=O)nc(C)n1. The molecule has 0 aliphatic carbocycles. The van der Waals surface area contributed by atoms with Crippen LogP contribution >= 0.6 is 0 Å². The summed E-state index contributed by atoms with van der Waals surface area (Å²) >= 11 is 0. The van der Waals surface area contributed by atoms with E-state index in [2.05, 4.69) is 15.3 Å². The molecule has 0 saturated heterocycles. The van der Waals surface area contributed by atoms with E-state index in [1.165, 1.54) is 0 Å². The van der Waals surface area contributed by atoms with Gasteiger partial charge in [-0.1, -0.05) is 6.92 Å². The maximum absolute atomic E-state index is 10.7. The normalized spacial score (nSPS) is 11.4. The van der Waals surface area contributed by atoms with Crippen molar-refractivity contribution in [1.29, 1.82) is 0 Å². The first-order valence-corrected chi connectivity index (χ1v) is 6.71. The Labute approximate surface area is 95.3 Å². The molecule has 0 aliphatic heterocycles. The first kappa shape index (κ1) is 12.9. The molecule has 0 bridgehead atoms. The van der Waals surface area contributed by atoms with Gasteiger partial charge < -0.3 is 5.32 Å². The Balaban J connectivity index is 2.63. The van der Waals surface area contributed by atoms with Crippen molar-refractivity contribution in [1.82, 2.24) is 9.97 Å². The number of hydrogen-bond acceptors (Lipinski definition) is 5. The van der Waals surface area contributed by atoms with Gasteiger partial charge in [-0.05, 0) is 13.3 Å². The van der Waals surface area contributed by atoms with Gasteiger partial charge >= 0.3 is 0 Å². The molecule has 7 heteroatoms. The number of sulfonamides is 1. The highest BCUT2D eigenvalue weighted by Crippen LogP contribution is 2.06. The summed E-state index contributed by atoms with van der Waals surface area (Å²) < 4.78 is 21.4. The molecular formula is C9H16N4O2S. The molecule has 90 valence electrons. The van der Waals surface area contributed by atoms with Crippen molar-refractivity contribution < 1.29 is 8.42 Å². The van der Waals surface area contributed by atoms with Crippen LogP contribution < -0.4 is 10.5 Å². The van der Waals surface area contributed by atoms with Crippen molar-refractivity contribution in [2.75, 3.05) is 17.6 Å². The van der Waals surface area contributed by atoms with Crippen molar-refractivity contribution in [2.24, 2.45) is 5.14 Å². The zero-order valence-corrected chi connectivity index (χ0v) is 10.2. The van der Waals surface area contributed by atoms with Crippen LogP contribution in [0.2, 0.25) is 0 Å². The number of anilines is 1. The fourth-order valence-corrected chi connectivity index (χ4v) is 1.61. The van der Waals surface area contributed by atoms with E-state index in [0.717, 1.165) is 12.1 Å². The van der Waals surface area contributed by atoms with Crippen LogP contribution in [0.15, 0.2) is 6.07 Å². The molecule has 0 atom stereocenters. The van der Waals surface area contributed by atoms with Crippen molar-refractivity contribution in [3.05, 3.63) is 17.6 Å². The molecule has 0 spiro atoms. The zero-order chi connectivity index (χ0) is 12.2. The fourth-order valence-electron chi connectivity index (χ4n) is 1.22. The number of primary sulfonamides is 1. The van der Waals surface area contributed by atoms with Gasteiger partial charge in [0.05, 0.1) is 5.75 Å². The van der Waals surface area contributed by atoms with E-state index in [1.54, 1.807) is 13.0 Å². The Kier molecular flexibility index (Phi) is 4.19. The topological polar surface area (TPSA) is 98.0 Å². The van der Waals surface area contributed by atoms with Gasteiger partial charge in [-0.25, -0.2) is 23.5 Å². The lowest BCUT2D eigenvalue weighted by molar-refractivity contribution is 0.598. The summed E-state index contributed by atoms with van der Waals surface area (Å²) in [7, 11) is -3.43. The first-order chi connectivity index (χ1) is 7.40. The zero-order valence-electron chi connectivity index (χ0n) is 9.40. The number of rotatable bonds is 5. The largest absolute Gasteiger partial charge is 0.369 e. The second-order valence-corrected chi connectivity index (χ2v) is 5.17. The third kappa shape index (κ3) is 4.54. The van der Waals surface area contributed by atoms with Crippen LogP contribution in [0.25, 0.3) is 0 Å². The van der Waals surface area contributed by atoms with E-state index in [-0.39, 0.29) is 12.3 Å². The lowest BCUT2D eigenvalue weighted by Gasteiger charge is -2.06. The lowest BCUT2D eigenvalue weighted by Crippen LogP contribution is -2.22. The van der Waals surface area contributed by atoms with Crippen LogP contribution in [0, 0.1) is 6.92 Å². The molecule has 1 heterocycles. The Morgan fingerprint density at radius 2 is 2.12 bits per heavy atom. The van der Waals surface area contributed by atoms with Crippen molar-refractivity contribution in [3.8, 4) is 0 Å². The number of nitrogens with zero attached hydrogens (tertiary/aromatic N) is 2. The molecule has 0 aromatic carbocycles. The van der Waals surface area contributed by atoms with Gasteiger partial charge in [-0.3, -0.25) is 0 Å². The molecule has 6 nitrogen and oxygen atoms in total. The van der Waals surface area contributed by atoms with E-state index in [4.69, 9.17) is 5.14 Å². The Hall–Kier alpha value is -1.21. The Bertz CT molecular complexity index is 459. The van der Waals surface area contributed by atoms with E-state index in [0.29, 0.717) is 11.6 Å². The summed E-state index contributed by atoms with van der Waals surface area (Å²) in [6, 6.07) is 1.80. The maximum atomic E-state index is 10.7. The second kappa shape index (κ2) is 5.22. The molecule has 1 aromatic rings. The van der Waals surface area contributed by atoms with Crippen LogP contribution in [-0.4, -0.2) is 30.7 Å². The highest BCUT2D eigenvalue weighted by atomic mass is 32.2. The summed E-state index contributed by atoms with van der Waals surface area (Å²) in [5.74, 6) is 1.18. The summed E-state index contributed by atoms with van der Waals surface area (Å²) in [5.41, 5.74) is 0.922. The first-order valence-electron chi connectivity index (χ1n) is 4.99. The number of nitrogens with two attached hydrogens (primary N) is 1. The van der Waals surface area contributed by atoms with E-state index >= 15 is 0 Å². The van der Waals surface area contributed by atoms with Crippen LogP contribution in [0.4, 0.5) is 5.82 Å². The van der Waals surface area contributed by atoms with Gasteiger partial charge in [0.25, 0.3) is 0 Å². The van der Waals surface area contributed by atoms with Crippen LogP contribution in [0.1, 0.15) is 18.4 Å². The standard InChI is InChI=1S/C9H16N4O2S/c1-3-8-6-9(13-7(2)12-8)11-4-5-16(10,14)15/h6H,3-5H2,1-2H3,(H2,10,14,15)(H,11,12,13). The molecule has 0 radical (unpaired) electrons. The third-order valence-electron chi connectivity index (χ3n) is 1.95. The maximum Gasteiger partial charge on any atom is 0.210 e. The van der Waals surface area contributed by atoms with Gasteiger partial charge in [0.15, 0.2) is 0 Å². The molecule has 0 saturated carbocycles. The lowest BCUT2D eigenvalue weighted by atomic mass is 10.3. The molecule has 3 N–H and O–H groups in total. The minimum atomic E-state index is -3.43. The number of aryl methyl sites for hydroxylation is 2. The van der Waals surface area contributed by atoms with Crippen LogP contribution in [0.5, 0.6) is 0 Å². The molecular weight excluding hydrogens is 228 g/mol. The fraction of sp³-hybridized carbons (Fsp3) is 0.556. The van der Waals surface area contributed by atoms with Crippen molar-refractivity contribution in [3.63, 3.8) is 0 Å². The van der Waals surface area contributed by atoms with E-state index in [1.807, 2.05) is 6.92 Å². The number of hydrogen-bond donors (Lipinski definition) is 2. The highest BCUT2D eigenvalue weighted by molar-refractivity contribution is 7.89. The quantitative estimate of drug-likeness (QED) is 0.762. The van der Waals surface area contributed by atoms with Gasteiger partial charge in [0.1, 0.15) is 11.6 Å². The second-order valence-electron chi connectivity index (χ2n) is 3.44. The minimum absolute atomic E-state index is 0.114. The predicted octanol–water partition coefficient (Wildman–Crippen LogP) is 0.0478. The molecule has 0 amide bonds. The summed E-state index contributed by atoms with van der Waals surface area (Å²) in [6.45, 7) is 4.04. The molecule has 0 unspecified atom stereocenters. The van der Waals surface area contributed by atoms with E-state index < -0.39 is 10.0 Å². The van der Waals surface area contributed by atoms with Crippen LogP contribution in [-0.2, 0) is 16.4 Å². The van der Waals surface area contributed by atoms with Gasteiger partial charge in [0.2, 0.25) is 10.0 Å². The average Bonchev–Trinajstić information content (AvgIpc) is 2.14. The molecule has 1 rings (SSSR count). The monoisotopic (exact) mass is 244 g/mol. The summed E-state index contributed by atoms with van der Waals surface area (Å²) in [6.07, 6.45) is 0.813. The Morgan fingerprint density at radius 1 is 1.44 bits per heavy atom. The number of nitrogens with one attached hydrogen (secondary N) is 1. The molecule has 0 fully saturated rings. The van der Waals surface area contributed by atoms with Crippen molar-refractivity contribution in [2.45, 2.75) is 20.3 Å². The van der Waals surface area contributed by atoms with Gasteiger partial charge in [-0.2, -0.15) is 0 Å². The van der Waals surface area contributed by atoms with E-state index in [9.17, 15) is 8.42 Å². The van der Waals surface area contributed by atoms with Crippen molar-refractivity contribution >= 4 is 15.8 Å². The molecule has 1 aromatic heterocycles. The summed E-state index contributed by atoms with van der Waals surface area (Å²) in [4.78, 5) is 8.36. The smallest absolute Gasteiger partial charge is 0.210 e. The summed E-state index contributed by atoms with van der Waals surface area (Å²) in [5, 5.41) is 7.79. The highest BCUT2D eigenvalue weighted by Gasteiger charge is 2.03. The molecule has 16 heavy (non-hydrogen) atoms. The average molecular weight is 244 g/mol. The number of aromatic nitrogens is 2. The third-order valence-corrected chi connectivity index (χ3v) is 2.72. The van der Waals surface area contributed by atoms with Gasteiger partial charge in [-0.15, -0.1) is 0 Å². The van der Waals surface area contributed by atoms with Crippen LogP contribution in [0.3, 0.4) is 0 Å². The minimum Gasteiger partial charge on any atom is -0.369 e. The Morgan fingerprint density at radius 3 is 2.69 bits per heavy atom. The van der Waals surface area contributed by atoms with Gasteiger partial charge in [0, 0.05) is 18.3 Å². The predicted molar refractivity (Wildman–Crippen MR) is 62.6 cm³/mol. The molecule has 0 aliphatic rings.